The van der Waals surface area contributed by atoms with Crippen LogP contribution in [0.15, 0.2) is 48.5 Å². The number of hydrogen-bond acceptors (Lipinski definition) is 6. The number of carbonyl (C=O) groups is 1. The molecule has 0 unspecified atom stereocenters. The van der Waals surface area contributed by atoms with Crippen molar-refractivity contribution in [2.75, 3.05) is 24.7 Å². The minimum absolute atomic E-state index is 0.0155. The largest absolute Gasteiger partial charge is 0.352 e. The number of hydrogen-bond donors (Lipinski definition) is 0. The van der Waals surface area contributed by atoms with Crippen LogP contribution in [0.2, 0.25) is 0 Å². The molecule has 0 N–H and O–H groups in total. The van der Waals surface area contributed by atoms with Gasteiger partial charge in [0.2, 0.25) is 0 Å². The highest BCUT2D eigenvalue weighted by molar-refractivity contribution is 5.94. The highest BCUT2D eigenvalue weighted by Gasteiger charge is 2.25. The van der Waals surface area contributed by atoms with Gasteiger partial charge in [0.15, 0.2) is 0 Å². The van der Waals surface area contributed by atoms with Crippen molar-refractivity contribution in [3.63, 3.8) is 0 Å². The summed E-state index contributed by atoms with van der Waals surface area (Å²) in [5.41, 5.74) is 1.13. The van der Waals surface area contributed by atoms with E-state index in [1.807, 2.05) is 4.90 Å². The van der Waals surface area contributed by atoms with Gasteiger partial charge in [-0.1, -0.05) is 0 Å². The summed E-state index contributed by atoms with van der Waals surface area (Å²) in [4.78, 5) is 36.4. The van der Waals surface area contributed by atoms with Crippen molar-refractivity contribution in [3.05, 3.63) is 74.3 Å². The summed E-state index contributed by atoms with van der Waals surface area (Å²) in [6.45, 7) is 1.47. The Morgan fingerprint density at radius 2 is 1.36 bits per heavy atom. The normalized spacial score (nSPS) is 13.8. The molecule has 1 saturated heterocycles. The van der Waals surface area contributed by atoms with Crippen LogP contribution in [-0.2, 0) is 0 Å². The third-order valence-electron chi connectivity index (χ3n) is 4.02. The second-order valence-electron chi connectivity index (χ2n) is 5.55. The van der Waals surface area contributed by atoms with Crippen LogP contribution in [0, 0.1) is 20.2 Å². The monoisotopic (exact) mass is 342 g/mol. The molecule has 9 heteroatoms. The Morgan fingerprint density at radius 3 is 1.88 bits per heavy atom. The van der Waals surface area contributed by atoms with E-state index in [1.54, 1.807) is 17.0 Å². The molecule has 25 heavy (non-hydrogen) atoms. The SMILES string of the molecule is O=C(c1ccc([N+](=O)[O-])cc1)N1CCN(c2ccc([N+](=O)[O-])cc2)C1. The summed E-state index contributed by atoms with van der Waals surface area (Å²) in [5.74, 6) is -0.209. The van der Waals surface area contributed by atoms with Crippen molar-refractivity contribution in [3.8, 4) is 0 Å². The van der Waals surface area contributed by atoms with Crippen molar-refractivity contribution in [2.45, 2.75) is 0 Å². The second-order valence-corrected chi connectivity index (χ2v) is 5.55. The van der Waals surface area contributed by atoms with Gasteiger partial charge in [0, 0.05) is 48.6 Å². The summed E-state index contributed by atoms with van der Waals surface area (Å²) in [6.07, 6.45) is 0. The Labute approximate surface area is 142 Å². The number of anilines is 1. The molecule has 1 amide bonds. The molecule has 3 rings (SSSR count). The fraction of sp³-hybridized carbons (Fsp3) is 0.188. The molecular weight excluding hydrogens is 328 g/mol. The number of non-ortho nitro benzene ring substituents is 2. The molecule has 0 saturated carbocycles. The summed E-state index contributed by atoms with van der Waals surface area (Å²) in [5, 5.41) is 21.4. The molecule has 2 aromatic carbocycles. The van der Waals surface area contributed by atoms with E-state index in [0.29, 0.717) is 25.3 Å². The smallest absolute Gasteiger partial charge is 0.269 e. The number of carbonyl (C=O) groups excluding carboxylic acids is 1. The van der Waals surface area contributed by atoms with Crippen molar-refractivity contribution < 1.29 is 14.6 Å². The first-order valence-corrected chi connectivity index (χ1v) is 7.49. The van der Waals surface area contributed by atoms with Gasteiger partial charge in [0.05, 0.1) is 16.5 Å². The van der Waals surface area contributed by atoms with E-state index in [4.69, 9.17) is 0 Å². The fourth-order valence-electron chi connectivity index (χ4n) is 2.66. The molecule has 0 radical (unpaired) electrons. The van der Waals surface area contributed by atoms with Gasteiger partial charge < -0.3 is 9.80 Å². The minimum atomic E-state index is -0.513. The zero-order valence-electron chi connectivity index (χ0n) is 13.1. The number of nitrogens with zero attached hydrogens (tertiary/aromatic N) is 4. The number of nitro benzene ring substituents is 2. The number of amides is 1. The van der Waals surface area contributed by atoms with E-state index in [1.165, 1.54) is 36.4 Å². The molecule has 0 spiro atoms. The van der Waals surface area contributed by atoms with Gasteiger partial charge in [-0.3, -0.25) is 25.0 Å². The average molecular weight is 342 g/mol. The van der Waals surface area contributed by atoms with Crippen LogP contribution in [0.3, 0.4) is 0 Å². The maximum atomic E-state index is 12.5. The van der Waals surface area contributed by atoms with E-state index in [2.05, 4.69) is 0 Å². The van der Waals surface area contributed by atoms with Crippen LogP contribution < -0.4 is 4.90 Å². The van der Waals surface area contributed by atoms with Gasteiger partial charge in [-0.15, -0.1) is 0 Å². The molecule has 0 bridgehead atoms. The van der Waals surface area contributed by atoms with Crippen molar-refractivity contribution in [1.29, 1.82) is 0 Å². The topological polar surface area (TPSA) is 110 Å². The average Bonchev–Trinajstić information content (AvgIpc) is 3.11. The number of nitro groups is 2. The molecule has 0 aliphatic carbocycles. The van der Waals surface area contributed by atoms with Gasteiger partial charge in [-0.05, 0) is 24.3 Å². The van der Waals surface area contributed by atoms with Gasteiger partial charge in [0.25, 0.3) is 17.3 Å². The Balaban J connectivity index is 1.68. The molecular formula is C16H14N4O5. The van der Waals surface area contributed by atoms with E-state index < -0.39 is 9.85 Å². The molecule has 0 aromatic heterocycles. The highest BCUT2D eigenvalue weighted by atomic mass is 16.6. The molecule has 0 atom stereocenters. The highest BCUT2D eigenvalue weighted by Crippen LogP contribution is 2.23. The van der Waals surface area contributed by atoms with Crippen molar-refractivity contribution >= 4 is 23.0 Å². The summed E-state index contributed by atoms with van der Waals surface area (Å²) in [6, 6.07) is 11.6. The standard InChI is InChI=1S/C16H14N4O5/c21-16(12-1-3-14(4-2-12)19(22)23)18-10-9-17(11-18)13-5-7-15(8-6-13)20(24)25/h1-8H,9-11H2. The molecule has 9 nitrogen and oxygen atoms in total. The maximum absolute atomic E-state index is 12.5. The molecule has 1 aliphatic rings. The predicted molar refractivity (Wildman–Crippen MR) is 89.4 cm³/mol. The first-order valence-electron chi connectivity index (χ1n) is 7.49. The minimum Gasteiger partial charge on any atom is -0.352 e. The Hall–Kier alpha value is -3.49. The second kappa shape index (κ2) is 6.56. The van der Waals surface area contributed by atoms with Crippen molar-refractivity contribution in [2.24, 2.45) is 0 Å². The summed E-state index contributed by atoms with van der Waals surface area (Å²) >= 11 is 0. The van der Waals surface area contributed by atoms with E-state index in [9.17, 15) is 25.0 Å². The lowest BCUT2D eigenvalue weighted by Gasteiger charge is -2.20. The van der Waals surface area contributed by atoms with Crippen LogP contribution >= 0.6 is 0 Å². The summed E-state index contributed by atoms with van der Waals surface area (Å²) < 4.78 is 0. The van der Waals surface area contributed by atoms with Crippen LogP contribution in [-0.4, -0.2) is 40.4 Å². The molecule has 2 aromatic rings. The van der Waals surface area contributed by atoms with E-state index in [0.717, 1.165) is 5.69 Å². The molecule has 128 valence electrons. The third kappa shape index (κ3) is 3.39. The zero-order chi connectivity index (χ0) is 18.0. The first-order chi connectivity index (χ1) is 12.0. The quantitative estimate of drug-likeness (QED) is 0.623. The van der Waals surface area contributed by atoms with Crippen LogP contribution in [0.5, 0.6) is 0 Å². The fourth-order valence-corrected chi connectivity index (χ4v) is 2.66. The lowest BCUT2D eigenvalue weighted by atomic mass is 10.2. The van der Waals surface area contributed by atoms with E-state index in [-0.39, 0.29) is 17.3 Å². The predicted octanol–water partition coefficient (Wildman–Crippen LogP) is 2.42. The van der Waals surface area contributed by atoms with Crippen molar-refractivity contribution in [1.82, 2.24) is 4.90 Å². The lowest BCUT2D eigenvalue weighted by molar-refractivity contribution is -0.385. The lowest BCUT2D eigenvalue weighted by Crippen LogP contribution is -2.31. The Bertz CT molecular complexity index is 819. The zero-order valence-corrected chi connectivity index (χ0v) is 13.1. The Kier molecular flexibility index (Phi) is 4.29. The van der Waals surface area contributed by atoms with Gasteiger partial charge in [0.1, 0.15) is 0 Å². The molecule has 1 aliphatic heterocycles. The first kappa shape index (κ1) is 16.4. The summed E-state index contributed by atoms with van der Waals surface area (Å²) in [7, 11) is 0. The van der Waals surface area contributed by atoms with Crippen LogP contribution in [0.4, 0.5) is 17.1 Å². The number of benzene rings is 2. The third-order valence-corrected chi connectivity index (χ3v) is 4.02. The Morgan fingerprint density at radius 1 is 0.840 bits per heavy atom. The molecule has 1 heterocycles. The molecule has 1 fully saturated rings. The van der Waals surface area contributed by atoms with Gasteiger partial charge in [-0.25, -0.2) is 0 Å². The van der Waals surface area contributed by atoms with Gasteiger partial charge >= 0.3 is 0 Å². The maximum Gasteiger partial charge on any atom is 0.269 e. The number of rotatable bonds is 4. The van der Waals surface area contributed by atoms with Gasteiger partial charge in [-0.2, -0.15) is 0 Å². The van der Waals surface area contributed by atoms with E-state index >= 15 is 0 Å². The van der Waals surface area contributed by atoms with Crippen LogP contribution in [0.1, 0.15) is 10.4 Å². The van der Waals surface area contributed by atoms with Crippen LogP contribution in [0.25, 0.3) is 0 Å².